The van der Waals surface area contributed by atoms with E-state index >= 15 is 0 Å². The molecule has 2 N–H and O–H groups in total. The van der Waals surface area contributed by atoms with Crippen molar-refractivity contribution in [2.75, 3.05) is 20.3 Å². The molecule has 0 amide bonds. The Hall–Kier alpha value is -2.72. The van der Waals surface area contributed by atoms with Crippen LogP contribution in [0.3, 0.4) is 0 Å². The highest BCUT2D eigenvalue weighted by Crippen LogP contribution is 2.31. The highest BCUT2D eigenvalue weighted by molar-refractivity contribution is 7.09. The number of hydrogen-bond donors (Lipinski definition) is 2. The van der Waals surface area contributed by atoms with E-state index in [2.05, 4.69) is 20.4 Å². The molecule has 0 aliphatic carbocycles. The van der Waals surface area contributed by atoms with Gasteiger partial charge in [-0.2, -0.15) is 31.4 Å². The first-order valence-electron chi connectivity index (χ1n) is 9.32. The normalized spacial score (nSPS) is 16.0. The Balaban J connectivity index is 0.000000343. The summed E-state index contributed by atoms with van der Waals surface area (Å²) in [6.45, 7) is 4.65. The van der Waals surface area contributed by atoms with Crippen LogP contribution in [0, 0.1) is 6.92 Å². The lowest BCUT2D eigenvalue weighted by Crippen LogP contribution is -2.38. The second kappa shape index (κ2) is 12.1. The minimum Gasteiger partial charge on any atom is -0.475 e. The molecule has 1 aliphatic heterocycles. The van der Waals surface area contributed by atoms with E-state index in [1.54, 1.807) is 18.4 Å². The highest BCUT2D eigenvalue weighted by Gasteiger charge is 2.39. The van der Waals surface area contributed by atoms with Crippen LogP contribution in [0.2, 0.25) is 0 Å². The van der Waals surface area contributed by atoms with Gasteiger partial charge in [0.25, 0.3) is 0 Å². The molecule has 0 saturated carbocycles. The number of aliphatic carboxylic acids is 2. The van der Waals surface area contributed by atoms with Crippen LogP contribution in [0.4, 0.5) is 26.3 Å². The number of alkyl halides is 6. The Kier molecular flexibility index (Phi) is 10.4. The summed E-state index contributed by atoms with van der Waals surface area (Å²) in [6, 6.07) is 0.264. The molecule has 2 aromatic heterocycles. The minimum absolute atomic E-state index is 0.264. The van der Waals surface area contributed by atoms with Gasteiger partial charge < -0.3 is 14.9 Å². The third-order valence-corrected chi connectivity index (χ3v) is 5.26. The van der Waals surface area contributed by atoms with Crippen molar-refractivity contribution in [1.82, 2.24) is 19.7 Å². The van der Waals surface area contributed by atoms with Gasteiger partial charge in [0.05, 0.1) is 31.1 Å². The van der Waals surface area contributed by atoms with Gasteiger partial charge in [-0.05, 0) is 18.9 Å². The zero-order valence-electron chi connectivity index (χ0n) is 18.1. The van der Waals surface area contributed by atoms with E-state index in [4.69, 9.17) is 24.5 Å². The molecule has 2 aromatic rings. The SMILES string of the molecule is COCC1c2c(cnn2C)CCN1Cc1nc(C)cs1.O=C(O)C(F)(F)F.O=C(O)C(F)(F)F. The van der Waals surface area contributed by atoms with Crippen LogP contribution < -0.4 is 0 Å². The topological polar surface area (TPSA) is 118 Å². The number of hydrogen-bond acceptors (Lipinski definition) is 7. The van der Waals surface area contributed by atoms with Gasteiger partial charge in [-0.15, -0.1) is 11.3 Å². The predicted molar refractivity (Wildman–Crippen MR) is 106 cm³/mol. The predicted octanol–water partition coefficient (Wildman–Crippen LogP) is 3.20. The van der Waals surface area contributed by atoms with Gasteiger partial charge in [-0.25, -0.2) is 14.6 Å². The third-order valence-electron chi connectivity index (χ3n) is 4.30. The first-order chi connectivity index (χ1) is 15.6. The quantitative estimate of drug-likeness (QED) is 0.591. The minimum atomic E-state index is -5.08. The van der Waals surface area contributed by atoms with Gasteiger partial charge in [-0.1, -0.05) is 0 Å². The van der Waals surface area contributed by atoms with Gasteiger partial charge in [0.1, 0.15) is 5.01 Å². The number of fused-ring (bicyclic) bond motifs is 1. The molecule has 34 heavy (non-hydrogen) atoms. The molecule has 1 unspecified atom stereocenters. The van der Waals surface area contributed by atoms with Gasteiger partial charge in [0.15, 0.2) is 0 Å². The standard InChI is InChI=1S/C14H20N4OS.2C2HF3O2/c1-10-9-20-13(16-10)7-18-5-4-11-6-15-17(2)14(11)12(18)8-19-3;2*3-2(4,5)1(6)7/h6,9,12H,4-5,7-8H2,1-3H3;2*(H,6,7). The van der Waals surface area contributed by atoms with Gasteiger partial charge in [-0.3, -0.25) is 9.58 Å². The molecule has 0 radical (unpaired) electrons. The largest absolute Gasteiger partial charge is 0.490 e. The molecule has 3 heterocycles. The molecule has 16 heteroatoms. The lowest BCUT2D eigenvalue weighted by Gasteiger charge is -2.35. The Morgan fingerprint density at radius 2 is 1.71 bits per heavy atom. The fourth-order valence-electron chi connectivity index (χ4n) is 2.89. The number of thiazole rings is 1. The molecule has 1 aliphatic rings. The van der Waals surface area contributed by atoms with Crippen LogP contribution in [0.5, 0.6) is 0 Å². The summed E-state index contributed by atoms with van der Waals surface area (Å²) in [5.41, 5.74) is 3.74. The van der Waals surface area contributed by atoms with Crippen LogP contribution in [-0.4, -0.2) is 74.4 Å². The van der Waals surface area contributed by atoms with E-state index in [1.165, 1.54) is 16.3 Å². The zero-order valence-corrected chi connectivity index (χ0v) is 19.0. The number of ether oxygens (including phenoxy) is 1. The number of methoxy groups -OCH3 is 1. The number of nitrogens with zero attached hydrogens (tertiary/aromatic N) is 4. The molecule has 0 aromatic carbocycles. The summed E-state index contributed by atoms with van der Waals surface area (Å²) < 4.78 is 70.9. The molecule has 1 atom stereocenters. The maximum Gasteiger partial charge on any atom is 0.490 e. The van der Waals surface area contributed by atoms with Crippen molar-refractivity contribution in [3.8, 4) is 0 Å². The zero-order chi connectivity index (χ0) is 26.3. The molecule has 0 bridgehead atoms. The average molecular weight is 520 g/mol. The Bertz CT molecular complexity index is 936. The van der Waals surface area contributed by atoms with Crippen molar-refractivity contribution >= 4 is 23.3 Å². The number of carboxylic acid groups (broad SMARTS) is 2. The fourth-order valence-corrected chi connectivity index (χ4v) is 3.68. The highest BCUT2D eigenvalue weighted by atomic mass is 32.1. The lowest BCUT2D eigenvalue weighted by atomic mass is 10.0. The molecular weight excluding hydrogens is 498 g/mol. The summed E-state index contributed by atoms with van der Waals surface area (Å²) in [5, 5.41) is 21.9. The average Bonchev–Trinajstić information content (AvgIpc) is 3.29. The Morgan fingerprint density at radius 1 is 1.18 bits per heavy atom. The van der Waals surface area contributed by atoms with Crippen molar-refractivity contribution in [3.05, 3.63) is 33.5 Å². The van der Waals surface area contributed by atoms with Crippen molar-refractivity contribution in [1.29, 1.82) is 0 Å². The number of aryl methyl sites for hydroxylation is 2. The molecule has 0 spiro atoms. The molecular formula is C18H22F6N4O5S. The summed E-state index contributed by atoms with van der Waals surface area (Å²) in [7, 11) is 3.77. The van der Waals surface area contributed by atoms with Crippen LogP contribution in [0.25, 0.3) is 0 Å². The monoisotopic (exact) mass is 520 g/mol. The van der Waals surface area contributed by atoms with Crippen LogP contribution in [0.1, 0.15) is 28.0 Å². The molecule has 9 nitrogen and oxygen atoms in total. The Labute approximate surface area is 193 Å². The van der Waals surface area contributed by atoms with Crippen molar-refractivity contribution < 1.29 is 50.9 Å². The summed E-state index contributed by atoms with van der Waals surface area (Å²) in [4.78, 5) is 24.8. The lowest BCUT2D eigenvalue weighted by molar-refractivity contribution is -0.193. The van der Waals surface area contributed by atoms with E-state index in [0.717, 1.165) is 25.2 Å². The van der Waals surface area contributed by atoms with E-state index in [1.807, 2.05) is 24.9 Å². The van der Waals surface area contributed by atoms with Gasteiger partial charge in [0.2, 0.25) is 0 Å². The number of rotatable bonds is 4. The molecule has 3 rings (SSSR count). The van der Waals surface area contributed by atoms with Crippen LogP contribution in [0.15, 0.2) is 11.6 Å². The van der Waals surface area contributed by atoms with E-state index < -0.39 is 24.3 Å². The van der Waals surface area contributed by atoms with E-state index in [0.29, 0.717) is 6.61 Å². The molecule has 192 valence electrons. The first kappa shape index (κ1) is 29.3. The summed E-state index contributed by atoms with van der Waals surface area (Å²) in [6.07, 6.45) is -7.13. The molecule has 0 fully saturated rings. The number of aromatic nitrogens is 3. The maximum atomic E-state index is 10.6. The summed E-state index contributed by atoms with van der Waals surface area (Å²) >= 11 is 1.73. The first-order valence-corrected chi connectivity index (χ1v) is 10.2. The number of carbonyl (C=O) groups is 2. The smallest absolute Gasteiger partial charge is 0.475 e. The molecule has 0 saturated heterocycles. The van der Waals surface area contributed by atoms with Crippen molar-refractivity contribution in [2.45, 2.75) is 38.3 Å². The fraction of sp³-hybridized carbons (Fsp3) is 0.556. The van der Waals surface area contributed by atoms with E-state index in [-0.39, 0.29) is 6.04 Å². The van der Waals surface area contributed by atoms with Crippen molar-refractivity contribution in [2.24, 2.45) is 7.05 Å². The summed E-state index contributed by atoms with van der Waals surface area (Å²) in [5.74, 6) is -5.51. The number of carboxylic acids is 2. The van der Waals surface area contributed by atoms with E-state index in [9.17, 15) is 26.3 Å². The van der Waals surface area contributed by atoms with Gasteiger partial charge >= 0.3 is 24.3 Å². The van der Waals surface area contributed by atoms with Crippen LogP contribution >= 0.6 is 11.3 Å². The second-order valence-electron chi connectivity index (χ2n) is 6.86. The Morgan fingerprint density at radius 3 is 2.12 bits per heavy atom. The number of halogens is 6. The second-order valence-corrected chi connectivity index (χ2v) is 7.80. The van der Waals surface area contributed by atoms with Gasteiger partial charge in [0, 0.05) is 31.8 Å². The third kappa shape index (κ3) is 8.90. The van der Waals surface area contributed by atoms with Crippen LogP contribution in [-0.2, 0) is 34.3 Å². The van der Waals surface area contributed by atoms with Crippen molar-refractivity contribution in [3.63, 3.8) is 0 Å². The maximum absolute atomic E-state index is 10.6.